The van der Waals surface area contributed by atoms with Gasteiger partial charge in [-0.3, -0.25) is 0 Å². The molecule has 5 heteroatoms. The Balaban J connectivity index is 3.16. The van der Waals surface area contributed by atoms with E-state index in [4.69, 9.17) is 5.11 Å². The van der Waals surface area contributed by atoms with E-state index in [9.17, 15) is 9.18 Å². The van der Waals surface area contributed by atoms with Gasteiger partial charge in [-0.1, -0.05) is 0 Å². The number of carbonyl (C=O) groups is 1. The lowest BCUT2D eigenvalue weighted by molar-refractivity contribution is 0.0589. The fourth-order valence-electron chi connectivity index (χ4n) is 0.676. The van der Waals surface area contributed by atoms with E-state index in [-0.39, 0.29) is 0 Å². The first-order valence-electron chi connectivity index (χ1n) is 3.08. The van der Waals surface area contributed by atoms with Crippen LogP contribution in [-0.4, -0.2) is 23.2 Å². The van der Waals surface area contributed by atoms with Crippen LogP contribution in [0.5, 0.6) is 5.75 Å². The van der Waals surface area contributed by atoms with Gasteiger partial charge in [0.1, 0.15) is 0 Å². The molecule has 0 radical (unpaired) electrons. The van der Waals surface area contributed by atoms with Gasteiger partial charge < -0.3 is 9.84 Å². The summed E-state index contributed by atoms with van der Waals surface area (Å²) in [7, 11) is 1.12. The molecule has 0 spiro atoms. The van der Waals surface area contributed by atoms with Gasteiger partial charge in [0.25, 0.3) is 0 Å². The molecule has 0 aliphatic rings. The number of halogens is 1. The van der Waals surface area contributed by atoms with Crippen molar-refractivity contribution in [2.24, 2.45) is 0 Å². The first kappa shape index (κ1) is 8.45. The van der Waals surface area contributed by atoms with Crippen molar-refractivity contribution in [3.8, 4) is 5.75 Å². The molecule has 1 aromatic heterocycles. The Labute approximate surface area is 67.6 Å². The standard InChI is InChI=1S/C7H6FNO3/c1-12-7(11)5-6(10)4(8)2-3-9-5/h2-3,10H,1H3. The molecule has 0 aliphatic carbocycles. The number of rotatable bonds is 1. The van der Waals surface area contributed by atoms with Crippen LogP contribution in [0.3, 0.4) is 0 Å². The fourth-order valence-corrected chi connectivity index (χ4v) is 0.676. The van der Waals surface area contributed by atoms with Crippen LogP contribution in [0.4, 0.5) is 4.39 Å². The minimum Gasteiger partial charge on any atom is -0.503 e. The molecular formula is C7H6FNO3. The number of esters is 1. The average Bonchev–Trinajstić information content (AvgIpc) is 2.08. The van der Waals surface area contributed by atoms with Gasteiger partial charge in [0.15, 0.2) is 17.3 Å². The molecule has 64 valence electrons. The van der Waals surface area contributed by atoms with Crippen molar-refractivity contribution in [1.82, 2.24) is 4.98 Å². The second kappa shape index (κ2) is 3.17. The van der Waals surface area contributed by atoms with Crippen molar-refractivity contribution in [3.63, 3.8) is 0 Å². The van der Waals surface area contributed by atoms with Crippen LogP contribution in [0.1, 0.15) is 10.5 Å². The maximum atomic E-state index is 12.6. The van der Waals surface area contributed by atoms with Crippen LogP contribution in [0, 0.1) is 5.82 Å². The number of carbonyl (C=O) groups excluding carboxylic acids is 1. The van der Waals surface area contributed by atoms with E-state index in [1.165, 1.54) is 0 Å². The Morgan fingerprint density at radius 2 is 2.42 bits per heavy atom. The van der Waals surface area contributed by atoms with Gasteiger partial charge in [-0.2, -0.15) is 0 Å². The molecule has 0 atom stereocenters. The third-order valence-corrected chi connectivity index (χ3v) is 1.25. The van der Waals surface area contributed by atoms with Gasteiger partial charge >= 0.3 is 5.97 Å². The molecule has 12 heavy (non-hydrogen) atoms. The lowest BCUT2D eigenvalue weighted by Crippen LogP contribution is -2.04. The molecule has 1 heterocycles. The number of aromatic hydroxyl groups is 1. The van der Waals surface area contributed by atoms with Gasteiger partial charge in [0.05, 0.1) is 7.11 Å². The summed E-state index contributed by atoms with van der Waals surface area (Å²) in [5, 5.41) is 8.96. The lowest BCUT2D eigenvalue weighted by atomic mass is 10.3. The first-order valence-corrected chi connectivity index (χ1v) is 3.08. The Morgan fingerprint density at radius 3 is 3.00 bits per heavy atom. The van der Waals surface area contributed by atoms with E-state index in [1.54, 1.807) is 0 Å². The number of aromatic nitrogens is 1. The number of ether oxygens (including phenoxy) is 1. The zero-order chi connectivity index (χ0) is 9.14. The monoisotopic (exact) mass is 171 g/mol. The van der Waals surface area contributed by atoms with Crippen LogP contribution in [0.15, 0.2) is 12.3 Å². The number of pyridine rings is 1. The highest BCUT2D eigenvalue weighted by Gasteiger charge is 2.15. The summed E-state index contributed by atoms with van der Waals surface area (Å²) < 4.78 is 16.8. The van der Waals surface area contributed by atoms with Crippen LogP contribution in [-0.2, 0) is 4.74 Å². The summed E-state index contributed by atoms with van der Waals surface area (Å²) >= 11 is 0. The molecule has 0 bridgehead atoms. The van der Waals surface area contributed by atoms with Crippen molar-refractivity contribution in [3.05, 3.63) is 23.8 Å². The minimum atomic E-state index is -0.898. The summed E-state index contributed by atoms with van der Waals surface area (Å²) in [6, 6.07) is 0.946. The zero-order valence-electron chi connectivity index (χ0n) is 6.24. The fraction of sp³-hybridized carbons (Fsp3) is 0.143. The summed E-state index contributed by atoms with van der Waals surface area (Å²) in [6.45, 7) is 0. The van der Waals surface area contributed by atoms with Crippen molar-refractivity contribution in [1.29, 1.82) is 0 Å². The van der Waals surface area contributed by atoms with Gasteiger partial charge in [-0.25, -0.2) is 14.2 Å². The molecule has 0 aromatic carbocycles. The first-order chi connectivity index (χ1) is 5.66. The summed E-state index contributed by atoms with van der Waals surface area (Å²) in [5.41, 5.74) is -0.419. The van der Waals surface area contributed by atoms with Crippen LogP contribution >= 0.6 is 0 Å². The molecule has 0 saturated heterocycles. The molecule has 0 saturated carbocycles. The highest BCUT2D eigenvalue weighted by Crippen LogP contribution is 2.18. The van der Waals surface area contributed by atoms with Crippen LogP contribution in [0.2, 0.25) is 0 Å². The maximum absolute atomic E-state index is 12.6. The van der Waals surface area contributed by atoms with E-state index >= 15 is 0 Å². The molecule has 4 nitrogen and oxygen atoms in total. The van der Waals surface area contributed by atoms with Gasteiger partial charge in [0, 0.05) is 6.20 Å². The van der Waals surface area contributed by atoms with E-state index in [1.807, 2.05) is 0 Å². The summed E-state index contributed by atoms with van der Waals surface area (Å²) in [5.74, 6) is -2.55. The van der Waals surface area contributed by atoms with Gasteiger partial charge in [0.2, 0.25) is 0 Å². The molecule has 1 rings (SSSR count). The Bertz CT molecular complexity index is 314. The smallest absolute Gasteiger partial charge is 0.360 e. The molecule has 1 N–H and O–H groups in total. The third-order valence-electron chi connectivity index (χ3n) is 1.25. The van der Waals surface area contributed by atoms with Gasteiger partial charge in [-0.05, 0) is 6.07 Å². The van der Waals surface area contributed by atoms with Gasteiger partial charge in [-0.15, -0.1) is 0 Å². The molecule has 0 aliphatic heterocycles. The third kappa shape index (κ3) is 1.34. The number of hydrogen-bond donors (Lipinski definition) is 1. The zero-order valence-corrected chi connectivity index (χ0v) is 6.24. The summed E-state index contributed by atoms with van der Waals surface area (Å²) in [4.78, 5) is 14.2. The second-order valence-corrected chi connectivity index (χ2v) is 1.98. The highest BCUT2D eigenvalue weighted by atomic mass is 19.1. The number of hydrogen-bond acceptors (Lipinski definition) is 4. The summed E-state index contributed by atoms with van der Waals surface area (Å²) in [6.07, 6.45) is 1.07. The van der Waals surface area contributed by atoms with Crippen LogP contribution in [0.25, 0.3) is 0 Å². The lowest BCUT2D eigenvalue weighted by Gasteiger charge is -2.00. The van der Waals surface area contributed by atoms with E-state index in [0.29, 0.717) is 0 Å². The predicted molar refractivity (Wildman–Crippen MR) is 37.2 cm³/mol. The van der Waals surface area contributed by atoms with Crippen molar-refractivity contribution < 1.29 is 19.0 Å². The Kier molecular flexibility index (Phi) is 2.23. The molecule has 0 fully saturated rings. The molecule has 0 amide bonds. The SMILES string of the molecule is COC(=O)c1nccc(F)c1O. The van der Waals surface area contributed by atoms with Crippen LogP contribution < -0.4 is 0 Å². The second-order valence-electron chi connectivity index (χ2n) is 1.98. The molecule has 1 aromatic rings. The maximum Gasteiger partial charge on any atom is 0.360 e. The van der Waals surface area contributed by atoms with E-state index < -0.39 is 23.2 Å². The average molecular weight is 171 g/mol. The quantitative estimate of drug-likeness (QED) is 0.632. The Morgan fingerprint density at radius 1 is 1.75 bits per heavy atom. The minimum absolute atomic E-state index is 0.419. The Hall–Kier alpha value is -1.65. The number of nitrogens with zero attached hydrogens (tertiary/aromatic N) is 1. The molecule has 0 unspecified atom stereocenters. The van der Waals surface area contributed by atoms with Crippen molar-refractivity contribution in [2.75, 3.05) is 7.11 Å². The predicted octanol–water partition coefficient (Wildman–Crippen LogP) is 0.713. The van der Waals surface area contributed by atoms with E-state index in [2.05, 4.69) is 9.72 Å². The van der Waals surface area contributed by atoms with Crippen molar-refractivity contribution in [2.45, 2.75) is 0 Å². The van der Waals surface area contributed by atoms with E-state index in [0.717, 1.165) is 19.4 Å². The van der Waals surface area contributed by atoms with Crippen molar-refractivity contribution >= 4 is 5.97 Å². The largest absolute Gasteiger partial charge is 0.503 e. The molecular weight excluding hydrogens is 165 g/mol. The number of methoxy groups -OCH3 is 1. The highest BCUT2D eigenvalue weighted by molar-refractivity contribution is 5.89. The normalized spacial score (nSPS) is 9.50. The topological polar surface area (TPSA) is 59.4 Å².